The molecule has 20 heavy (non-hydrogen) atoms. The van der Waals surface area contributed by atoms with E-state index in [4.69, 9.17) is 4.52 Å². The molecule has 0 aliphatic carbocycles. The summed E-state index contributed by atoms with van der Waals surface area (Å²) in [6, 6.07) is -0.915. The molecule has 0 aliphatic heterocycles. The van der Waals surface area contributed by atoms with Gasteiger partial charge in [0.15, 0.2) is 5.76 Å². The van der Waals surface area contributed by atoms with Crippen LogP contribution < -0.4 is 5.32 Å². The molecule has 0 saturated carbocycles. The number of hydrogen-bond acceptors (Lipinski definition) is 4. The van der Waals surface area contributed by atoms with Gasteiger partial charge in [-0.1, -0.05) is 39.3 Å². The number of aryl methyl sites for hydroxylation is 1. The second-order valence-electron chi connectivity index (χ2n) is 5.34. The number of carbonyl (C=O) groups is 2. The van der Waals surface area contributed by atoms with Gasteiger partial charge in [0.1, 0.15) is 11.6 Å². The molecule has 2 atom stereocenters. The molecule has 1 amide bonds. The minimum absolute atomic E-state index is 0.00354. The van der Waals surface area contributed by atoms with Crippen LogP contribution in [0.1, 0.15) is 61.8 Å². The summed E-state index contributed by atoms with van der Waals surface area (Å²) in [6.07, 6.45) is 0.664. The van der Waals surface area contributed by atoms with E-state index in [1.807, 2.05) is 20.8 Å². The fourth-order valence-corrected chi connectivity index (χ4v) is 1.95. The first kappa shape index (κ1) is 16.2. The number of aromatic nitrogens is 1. The van der Waals surface area contributed by atoms with Crippen LogP contribution in [-0.2, 0) is 4.79 Å². The lowest BCUT2D eigenvalue weighted by Gasteiger charge is -2.20. The number of nitrogens with zero attached hydrogens (tertiary/aromatic N) is 1. The zero-order valence-electron chi connectivity index (χ0n) is 12.6. The quantitative estimate of drug-likeness (QED) is 0.835. The van der Waals surface area contributed by atoms with Crippen LogP contribution in [0.15, 0.2) is 4.52 Å². The Morgan fingerprint density at radius 2 is 1.95 bits per heavy atom. The van der Waals surface area contributed by atoms with E-state index in [1.165, 1.54) is 0 Å². The maximum absolute atomic E-state index is 12.3. The minimum atomic E-state index is -1.03. The monoisotopic (exact) mass is 282 g/mol. The standard InChI is InChI=1S/C14H22N2O4/c1-6-8(4)11(14(18)19)15-13(17)10-9(5)16-20-12(10)7(2)3/h7-8,11H,6H2,1-5H3,(H,15,17)(H,18,19)/t8-,11-/m0/s1. The van der Waals surface area contributed by atoms with Crippen molar-refractivity contribution in [3.8, 4) is 0 Å². The first-order valence-corrected chi connectivity index (χ1v) is 6.79. The molecule has 1 heterocycles. The Kier molecular flexibility index (Phi) is 5.30. The number of carbonyl (C=O) groups excluding carboxylic acids is 1. The van der Waals surface area contributed by atoms with Crippen molar-refractivity contribution >= 4 is 11.9 Å². The molecule has 0 bridgehead atoms. The van der Waals surface area contributed by atoms with E-state index in [0.29, 0.717) is 23.4 Å². The van der Waals surface area contributed by atoms with Crippen molar-refractivity contribution in [1.82, 2.24) is 10.5 Å². The largest absolute Gasteiger partial charge is 0.480 e. The zero-order chi connectivity index (χ0) is 15.4. The number of carboxylic acid groups (broad SMARTS) is 1. The van der Waals surface area contributed by atoms with Crippen LogP contribution in [0.4, 0.5) is 0 Å². The molecule has 112 valence electrons. The van der Waals surface area contributed by atoms with Gasteiger partial charge >= 0.3 is 5.97 Å². The molecule has 0 radical (unpaired) electrons. The van der Waals surface area contributed by atoms with Gasteiger partial charge in [-0.15, -0.1) is 0 Å². The fourth-order valence-electron chi connectivity index (χ4n) is 1.95. The van der Waals surface area contributed by atoms with Gasteiger partial charge in [-0.2, -0.15) is 0 Å². The molecule has 1 aromatic rings. The number of hydrogen-bond donors (Lipinski definition) is 2. The predicted octanol–water partition coefficient (Wildman–Crippen LogP) is 2.34. The smallest absolute Gasteiger partial charge is 0.326 e. The second-order valence-corrected chi connectivity index (χ2v) is 5.34. The summed E-state index contributed by atoms with van der Waals surface area (Å²) in [6.45, 7) is 9.13. The molecular weight excluding hydrogens is 260 g/mol. The van der Waals surface area contributed by atoms with Gasteiger partial charge < -0.3 is 14.9 Å². The van der Waals surface area contributed by atoms with Gasteiger partial charge in [-0.25, -0.2) is 4.79 Å². The summed E-state index contributed by atoms with van der Waals surface area (Å²) in [5.41, 5.74) is 0.814. The Labute approximate surface area is 118 Å². The van der Waals surface area contributed by atoms with Crippen LogP contribution in [0.5, 0.6) is 0 Å². The number of amides is 1. The van der Waals surface area contributed by atoms with Gasteiger partial charge in [0.05, 0.1) is 5.69 Å². The normalized spacial score (nSPS) is 14.1. The highest BCUT2D eigenvalue weighted by atomic mass is 16.5. The van der Waals surface area contributed by atoms with E-state index in [0.717, 1.165) is 0 Å². The highest BCUT2D eigenvalue weighted by Crippen LogP contribution is 2.22. The highest BCUT2D eigenvalue weighted by molar-refractivity contribution is 5.98. The summed E-state index contributed by atoms with van der Waals surface area (Å²) in [5, 5.41) is 15.6. The van der Waals surface area contributed by atoms with E-state index >= 15 is 0 Å². The van der Waals surface area contributed by atoms with Gasteiger partial charge in [0.2, 0.25) is 0 Å². The third kappa shape index (κ3) is 3.37. The lowest BCUT2D eigenvalue weighted by Crippen LogP contribution is -2.45. The van der Waals surface area contributed by atoms with Gasteiger partial charge in [-0.05, 0) is 12.8 Å². The van der Waals surface area contributed by atoms with Crippen LogP contribution in [0, 0.1) is 12.8 Å². The Morgan fingerprint density at radius 1 is 1.35 bits per heavy atom. The summed E-state index contributed by atoms with van der Waals surface area (Å²) in [5.74, 6) is -1.15. The summed E-state index contributed by atoms with van der Waals surface area (Å²) in [4.78, 5) is 23.6. The number of rotatable bonds is 6. The molecule has 0 unspecified atom stereocenters. The van der Waals surface area contributed by atoms with Gasteiger partial charge in [-0.3, -0.25) is 4.79 Å². The number of nitrogens with one attached hydrogen (secondary N) is 1. The van der Waals surface area contributed by atoms with Crippen molar-refractivity contribution < 1.29 is 19.2 Å². The molecule has 6 nitrogen and oxygen atoms in total. The number of carboxylic acids is 1. The maximum atomic E-state index is 12.3. The molecule has 2 N–H and O–H groups in total. The number of aliphatic carboxylic acids is 1. The van der Waals surface area contributed by atoms with Crippen molar-refractivity contribution in [2.45, 2.75) is 53.0 Å². The summed E-state index contributed by atoms with van der Waals surface area (Å²) >= 11 is 0. The lowest BCUT2D eigenvalue weighted by molar-refractivity contribution is -0.140. The molecule has 1 aromatic heterocycles. The third-order valence-corrected chi connectivity index (χ3v) is 3.41. The molecule has 6 heteroatoms. The lowest BCUT2D eigenvalue weighted by atomic mass is 9.98. The van der Waals surface area contributed by atoms with Crippen molar-refractivity contribution in [2.75, 3.05) is 0 Å². The SMILES string of the molecule is CC[C@H](C)[C@H](NC(=O)c1c(C)noc1C(C)C)C(=O)O. The second kappa shape index (κ2) is 6.54. The zero-order valence-corrected chi connectivity index (χ0v) is 12.6. The first-order valence-electron chi connectivity index (χ1n) is 6.79. The fraction of sp³-hybridized carbons (Fsp3) is 0.643. The van der Waals surface area contributed by atoms with Crippen molar-refractivity contribution in [1.29, 1.82) is 0 Å². The molecule has 0 spiro atoms. The van der Waals surface area contributed by atoms with Crippen LogP contribution in [-0.4, -0.2) is 28.2 Å². The Balaban J connectivity index is 3.01. The highest BCUT2D eigenvalue weighted by Gasteiger charge is 2.29. The molecule has 1 rings (SSSR count). The molecular formula is C14H22N2O4. The van der Waals surface area contributed by atoms with E-state index in [-0.39, 0.29) is 11.8 Å². The topological polar surface area (TPSA) is 92.4 Å². The third-order valence-electron chi connectivity index (χ3n) is 3.41. The van der Waals surface area contributed by atoms with Crippen molar-refractivity contribution in [3.63, 3.8) is 0 Å². The first-order chi connectivity index (χ1) is 9.29. The van der Waals surface area contributed by atoms with Crippen LogP contribution in [0.25, 0.3) is 0 Å². The van der Waals surface area contributed by atoms with E-state index in [1.54, 1.807) is 13.8 Å². The van der Waals surface area contributed by atoms with E-state index < -0.39 is 17.9 Å². The van der Waals surface area contributed by atoms with E-state index in [2.05, 4.69) is 10.5 Å². The summed E-state index contributed by atoms with van der Waals surface area (Å²) < 4.78 is 5.15. The van der Waals surface area contributed by atoms with E-state index in [9.17, 15) is 14.7 Å². The van der Waals surface area contributed by atoms with Crippen LogP contribution in [0.3, 0.4) is 0 Å². The molecule has 0 fully saturated rings. The Bertz CT molecular complexity index is 493. The Morgan fingerprint density at radius 3 is 2.40 bits per heavy atom. The predicted molar refractivity (Wildman–Crippen MR) is 73.7 cm³/mol. The van der Waals surface area contributed by atoms with Crippen LogP contribution >= 0.6 is 0 Å². The molecule has 0 saturated heterocycles. The van der Waals surface area contributed by atoms with Crippen LogP contribution in [0.2, 0.25) is 0 Å². The average molecular weight is 282 g/mol. The summed E-state index contributed by atoms with van der Waals surface area (Å²) in [7, 11) is 0. The van der Waals surface area contributed by atoms with Crippen molar-refractivity contribution in [3.05, 3.63) is 17.0 Å². The average Bonchev–Trinajstić information content (AvgIpc) is 2.76. The van der Waals surface area contributed by atoms with Crippen molar-refractivity contribution in [2.24, 2.45) is 5.92 Å². The van der Waals surface area contributed by atoms with Gasteiger partial charge in [0, 0.05) is 5.92 Å². The minimum Gasteiger partial charge on any atom is -0.480 e. The maximum Gasteiger partial charge on any atom is 0.326 e. The Hall–Kier alpha value is -1.85. The molecule has 0 aliphatic rings. The molecule has 0 aromatic carbocycles. The van der Waals surface area contributed by atoms with Gasteiger partial charge in [0.25, 0.3) is 5.91 Å².